The van der Waals surface area contributed by atoms with E-state index in [2.05, 4.69) is 10.1 Å². The van der Waals surface area contributed by atoms with Crippen molar-refractivity contribution >= 4 is 28.0 Å². The minimum Gasteiger partial charge on any atom is -0.402 e. The first-order valence-corrected chi connectivity index (χ1v) is 12.0. The highest BCUT2D eigenvalue weighted by molar-refractivity contribution is 7.89. The van der Waals surface area contributed by atoms with E-state index < -0.39 is 16.0 Å². The van der Waals surface area contributed by atoms with E-state index in [1.54, 1.807) is 42.9 Å². The number of nitrogens with zero attached hydrogens (tertiary/aromatic N) is 4. The summed E-state index contributed by atoms with van der Waals surface area (Å²) in [7, 11) is -3.56. The third-order valence-electron chi connectivity index (χ3n) is 5.21. The summed E-state index contributed by atoms with van der Waals surface area (Å²) in [5.74, 6) is -0.435. The Labute approximate surface area is 192 Å². The van der Waals surface area contributed by atoms with Gasteiger partial charge in [0, 0.05) is 30.4 Å². The van der Waals surface area contributed by atoms with E-state index in [9.17, 15) is 13.2 Å². The molecule has 0 amide bonds. The summed E-state index contributed by atoms with van der Waals surface area (Å²) in [6, 6.07) is 16.1. The van der Waals surface area contributed by atoms with Crippen LogP contribution in [0.4, 0.5) is 0 Å². The predicted octanol–water partition coefficient (Wildman–Crippen LogP) is 3.31. The molecular formula is C24H24N4O4S. The van der Waals surface area contributed by atoms with Crippen molar-refractivity contribution in [2.24, 2.45) is 4.99 Å². The number of hydrogen-bond donors (Lipinski definition) is 0. The van der Waals surface area contributed by atoms with E-state index in [0.717, 1.165) is 11.1 Å². The zero-order valence-corrected chi connectivity index (χ0v) is 19.2. The van der Waals surface area contributed by atoms with Crippen molar-refractivity contribution in [3.05, 3.63) is 89.4 Å². The van der Waals surface area contributed by atoms with Crippen molar-refractivity contribution in [3.8, 4) is 0 Å². The van der Waals surface area contributed by atoms with E-state index in [4.69, 9.17) is 4.74 Å². The Hall–Kier alpha value is -3.56. The molecular weight excluding hydrogens is 440 g/mol. The first-order chi connectivity index (χ1) is 15.9. The number of hydrogen-bond acceptors (Lipinski definition) is 6. The van der Waals surface area contributed by atoms with E-state index in [0.29, 0.717) is 25.2 Å². The highest BCUT2D eigenvalue weighted by Gasteiger charge is 2.26. The fraction of sp³-hybridized carbons (Fsp3) is 0.208. The monoisotopic (exact) mass is 464 g/mol. The maximum absolute atomic E-state index is 12.6. The van der Waals surface area contributed by atoms with Gasteiger partial charge >= 0.3 is 5.97 Å². The molecule has 0 saturated carbocycles. The number of carbonyl (C=O) groups is 1. The van der Waals surface area contributed by atoms with Crippen LogP contribution < -0.4 is 0 Å². The lowest BCUT2D eigenvalue weighted by Gasteiger charge is -2.18. The molecule has 0 N–H and O–H groups in total. The number of benzene rings is 2. The third kappa shape index (κ3) is 4.94. The number of cyclic esters (lactones) is 1. The minimum absolute atomic E-state index is 0.134. The van der Waals surface area contributed by atoms with Gasteiger partial charge in [-0.05, 0) is 35.9 Å². The van der Waals surface area contributed by atoms with Gasteiger partial charge in [0.15, 0.2) is 5.70 Å². The normalized spacial score (nSPS) is 15.2. The van der Waals surface area contributed by atoms with Crippen molar-refractivity contribution < 1.29 is 17.9 Å². The fourth-order valence-electron chi connectivity index (χ4n) is 3.48. The van der Waals surface area contributed by atoms with E-state index in [1.807, 2.05) is 36.5 Å². The number of aromatic nitrogens is 2. The molecule has 0 spiro atoms. The van der Waals surface area contributed by atoms with Gasteiger partial charge in [0.25, 0.3) is 0 Å². The second kappa shape index (κ2) is 9.51. The molecule has 2 heterocycles. The standard InChI is InChI=1S/C24H24N4O4S/c1-3-28(4-2)33(30,31)21-12-10-20(11-13-21)23-26-22(24(29)32-23)14-19-15-25-27(17-19)16-18-8-6-5-7-9-18/h5-15,17H,3-4,16H2,1-2H3/b22-14-. The SMILES string of the molecule is CCN(CC)S(=O)(=O)c1ccc(C2=N/C(=C\c3cnn(Cc4ccccc4)c3)C(=O)O2)cc1. The molecule has 1 aromatic heterocycles. The molecule has 0 radical (unpaired) electrons. The highest BCUT2D eigenvalue weighted by Crippen LogP contribution is 2.21. The molecule has 0 aliphatic carbocycles. The average Bonchev–Trinajstić information content (AvgIpc) is 3.41. The summed E-state index contributed by atoms with van der Waals surface area (Å²) in [5.41, 5.74) is 2.52. The molecule has 1 aliphatic heterocycles. The van der Waals surface area contributed by atoms with Crippen molar-refractivity contribution in [3.63, 3.8) is 0 Å². The van der Waals surface area contributed by atoms with Crippen LogP contribution in [-0.4, -0.2) is 47.5 Å². The topological polar surface area (TPSA) is 93.9 Å². The van der Waals surface area contributed by atoms with Gasteiger partial charge in [-0.1, -0.05) is 44.2 Å². The molecule has 2 aromatic carbocycles. The molecule has 0 unspecified atom stereocenters. The Morgan fingerprint density at radius 3 is 2.39 bits per heavy atom. The quantitative estimate of drug-likeness (QED) is 0.377. The molecule has 0 saturated heterocycles. The van der Waals surface area contributed by atoms with Gasteiger partial charge < -0.3 is 4.74 Å². The first kappa shape index (κ1) is 22.6. The lowest BCUT2D eigenvalue weighted by molar-refractivity contribution is -0.129. The Kier molecular flexibility index (Phi) is 6.52. The van der Waals surface area contributed by atoms with Crippen LogP contribution in [0, 0.1) is 0 Å². The zero-order chi connectivity index (χ0) is 23.4. The van der Waals surface area contributed by atoms with Crippen molar-refractivity contribution in [2.45, 2.75) is 25.3 Å². The largest absolute Gasteiger partial charge is 0.402 e. The summed E-state index contributed by atoms with van der Waals surface area (Å²) < 4.78 is 33.8. The Bertz CT molecular complexity index is 1310. The van der Waals surface area contributed by atoms with E-state index in [-0.39, 0.29) is 16.5 Å². The van der Waals surface area contributed by atoms with Gasteiger partial charge in [-0.15, -0.1) is 0 Å². The Balaban J connectivity index is 1.52. The van der Waals surface area contributed by atoms with Gasteiger partial charge in [0.05, 0.1) is 17.6 Å². The van der Waals surface area contributed by atoms with Gasteiger partial charge in [-0.25, -0.2) is 18.2 Å². The molecule has 170 valence electrons. The van der Waals surface area contributed by atoms with Gasteiger partial charge in [-0.3, -0.25) is 4.68 Å². The lowest BCUT2D eigenvalue weighted by Crippen LogP contribution is -2.30. The number of ether oxygens (including phenoxy) is 1. The van der Waals surface area contributed by atoms with Gasteiger partial charge in [-0.2, -0.15) is 9.40 Å². The number of carbonyl (C=O) groups excluding carboxylic acids is 1. The maximum atomic E-state index is 12.6. The van der Waals surface area contributed by atoms with Gasteiger partial charge in [0.1, 0.15) is 0 Å². The number of rotatable bonds is 8. The number of sulfonamides is 1. The van der Waals surface area contributed by atoms with Crippen molar-refractivity contribution in [2.75, 3.05) is 13.1 Å². The molecule has 3 aromatic rings. The van der Waals surface area contributed by atoms with Crippen LogP contribution in [0.15, 0.2) is 82.6 Å². The number of aliphatic imine (C=N–C) groups is 1. The summed E-state index contributed by atoms with van der Waals surface area (Å²) >= 11 is 0. The molecule has 0 fully saturated rings. The number of esters is 1. The summed E-state index contributed by atoms with van der Waals surface area (Å²) in [4.78, 5) is 16.8. The average molecular weight is 465 g/mol. The van der Waals surface area contributed by atoms with Crippen LogP contribution >= 0.6 is 0 Å². The van der Waals surface area contributed by atoms with Crippen LogP contribution in [0.25, 0.3) is 6.08 Å². The Morgan fingerprint density at radius 1 is 1.03 bits per heavy atom. The maximum Gasteiger partial charge on any atom is 0.363 e. The summed E-state index contributed by atoms with van der Waals surface area (Å²) in [5, 5.41) is 4.33. The molecule has 8 nitrogen and oxygen atoms in total. The fourth-order valence-corrected chi connectivity index (χ4v) is 4.94. The highest BCUT2D eigenvalue weighted by atomic mass is 32.2. The minimum atomic E-state index is -3.56. The first-order valence-electron chi connectivity index (χ1n) is 10.6. The van der Waals surface area contributed by atoms with Crippen LogP contribution in [0.1, 0.15) is 30.5 Å². The van der Waals surface area contributed by atoms with Crippen molar-refractivity contribution in [1.29, 1.82) is 0 Å². The van der Waals surface area contributed by atoms with Gasteiger partial charge in [0.2, 0.25) is 15.9 Å². The van der Waals surface area contributed by atoms with Crippen LogP contribution in [0.5, 0.6) is 0 Å². The van der Waals surface area contributed by atoms with Crippen molar-refractivity contribution in [1.82, 2.24) is 14.1 Å². The molecule has 0 bridgehead atoms. The Morgan fingerprint density at radius 2 is 1.73 bits per heavy atom. The third-order valence-corrected chi connectivity index (χ3v) is 7.27. The molecule has 1 aliphatic rings. The zero-order valence-electron chi connectivity index (χ0n) is 18.4. The van der Waals surface area contributed by atoms with Crippen LogP contribution in [-0.2, 0) is 26.1 Å². The molecule has 4 rings (SSSR count). The predicted molar refractivity (Wildman–Crippen MR) is 125 cm³/mol. The second-order valence-corrected chi connectivity index (χ2v) is 9.34. The second-order valence-electron chi connectivity index (χ2n) is 7.41. The molecule has 0 atom stereocenters. The molecule has 33 heavy (non-hydrogen) atoms. The lowest BCUT2D eigenvalue weighted by atomic mass is 10.2. The van der Waals surface area contributed by atoms with Crippen LogP contribution in [0.3, 0.4) is 0 Å². The molecule has 9 heteroatoms. The summed E-state index contributed by atoms with van der Waals surface area (Å²) in [6.45, 7) is 4.98. The smallest absolute Gasteiger partial charge is 0.363 e. The van der Waals surface area contributed by atoms with Crippen LogP contribution in [0.2, 0.25) is 0 Å². The summed E-state index contributed by atoms with van der Waals surface area (Å²) in [6.07, 6.45) is 5.10. The van der Waals surface area contributed by atoms with E-state index in [1.165, 1.54) is 16.4 Å². The van der Waals surface area contributed by atoms with E-state index >= 15 is 0 Å².